The highest BCUT2D eigenvalue weighted by molar-refractivity contribution is 7.89. The first-order valence-corrected chi connectivity index (χ1v) is 8.33. The average Bonchev–Trinajstić information content (AvgIpc) is 3.20. The molecular formula is C14H20N2O4S. The Balaban J connectivity index is 2.35. The number of rotatable bonds is 6. The number of benzene rings is 1. The van der Waals surface area contributed by atoms with Gasteiger partial charge in [-0.2, -0.15) is 0 Å². The standard InChI is InChI=1S/C14H20N2O4S/c1-9(2)15-14(17)10-4-7-12(20-3)13(8-10)21(18,19)16-11-5-6-11/h4,7-9,11,16H,5-6H2,1-3H3,(H,15,17). The number of ether oxygens (including phenoxy) is 1. The van der Waals surface area contributed by atoms with Crippen LogP contribution in [0.4, 0.5) is 0 Å². The van der Waals surface area contributed by atoms with Crippen LogP contribution in [0.3, 0.4) is 0 Å². The van der Waals surface area contributed by atoms with Gasteiger partial charge < -0.3 is 10.1 Å². The van der Waals surface area contributed by atoms with Crippen molar-refractivity contribution in [1.29, 1.82) is 0 Å². The van der Waals surface area contributed by atoms with Gasteiger partial charge in [0.25, 0.3) is 5.91 Å². The number of hydrogen-bond donors (Lipinski definition) is 2. The van der Waals surface area contributed by atoms with Crippen LogP contribution in [-0.4, -0.2) is 33.5 Å². The van der Waals surface area contributed by atoms with Gasteiger partial charge in [-0.3, -0.25) is 4.79 Å². The minimum atomic E-state index is -3.68. The molecule has 0 aromatic heterocycles. The van der Waals surface area contributed by atoms with E-state index in [1.165, 1.54) is 19.2 Å². The quantitative estimate of drug-likeness (QED) is 0.828. The molecule has 0 atom stereocenters. The van der Waals surface area contributed by atoms with Crippen LogP contribution in [0.1, 0.15) is 37.0 Å². The summed E-state index contributed by atoms with van der Waals surface area (Å²) in [6.07, 6.45) is 1.68. The summed E-state index contributed by atoms with van der Waals surface area (Å²) in [4.78, 5) is 12.0. The molecule has 1 fully saturated rings. The first kappa shape index (κ1) is 15.8. The van der Waals surface area contributed by atoms with Gasteiger partial charge in [0.15, 0.2) is 0 Å². The molecule has 0 saturated heterocycles. The maximum atomic E-state index is 12.3. The van der Waals surface area contributed by atoms with Gasteiger partial charge in [-0.1, -0.05) is 0 Å². The summed E-state index contributed by atoms with van der Waals surface area (Å²) in [5, 5.41) is 2.73. The van der Waals surface area contributed by atoms with E-state index in [-0.39, 0.29) is 28.6 Å². The van der Waals surface area contributed by atoms with E-state index >= 15 is 0 Å². The summed E-state index contributed by atoms with van der Waals surface area (Å²) in [7, 11) is -2.28. The molecule has 116 valence electrons. The van der Waals surface area contributed by atoms with Crippen molar-refractivity contribution in [3.8, 4) is 5.75 Å². The molecule has 1 aromatic carbocycles. The molecule has 21 heavy (non-hydrogen) atoms. The van der Waals surface area contributed by atoms with E-state index in [1.807, 2.05) is 13.8 Å². The molecule has 0 spiro atoms. The Hall–Kier alpha value is -1.60. The third-order valence-corrected chi connectivity index (χ3v) is 4.58. The van der Waals surface area contributed by atoms with Crippen molar-refractivity contribution in [2.45, 2.75) is 43.7 Å². The number of hydrogen-bond acceptors (Lipinski definition) is 4. The second kappa shape index (κ2) is 6.03. The Kier molecular flexibility index (Phi) is 4.53. The van der Waals surface area contributed by atoms with Crippen molar-refractivity contribution in [3.63, 3.8) is 0 Å². The van der Waals surface area contributed by atoms with Gasteiger partial charge >= 0.3 is 0 Å². The van der Waals surface area contributed by atoms with Crippen LogP contribution in [-0.2, 0) is 10.0 Å². The fourth-order valence-electron chi connectivity index (χ4n) is 1.86. The van der Waals surface area contributed by atoms with Gasteiger partial charge in [-0.05, 0) is 44.9 Å². The Morgan fingerprint density at radius 1 is 1.33 bits per heavy atom. The predicted molar refractivity (Wildman–Crippen MR) is 78.9 cm³/mol. The molecule has 2 rings (SSSR count). The Labute approximate surface area is 124 Å². The molecule has 1 aliphatic rings. The van der Waals surface area contributed by atoms with E-state index in [2.05, 4.69) is 10.0 Å². The summed E-state index contributed by atoms with van der Waals surface area (Å²) < 4.78 is 32.4. The van der Waals surface area contributed by atoms with Gasteiger partial charge in [0, 0.05) is 17.6 Å². The second-order valence-electron chi connectivity index (χ2n) is 5.39. The highest BCUT2D eigenvalue weighted by Gasteiger charge is 2.30. The molecule has 0 radical (unpaired) electrons. The number of amides is 1. The normalized spacial score (nSPS) is 15.0. The molecule has 2 N–H and O–H groups in total. The lowest BCUT2D eigenvalue weighted by Crippen LogP contribution is -2.31. The molecule has 0 unspecified atom stereocenters. The third kappa shape index (κ3) is 3.95. The minimum absolute atomic E-state index is 0.00620. The van der Waals surface area contributed by atoms with Gasteiger partial charge in [-0.15, -0.1) is 0 Å². The topological polar surface area (TPSA) is 84.5 Å². The van der Waals surface area contributed by atoms with Crippen LogP contribution < -0.4 is 14.8 Å². The van der Waals surface area contributed by atoms with Crippen molar-refractivity contribution in [2.24, 2.45) is 0 Å². The van der Waals surface area contributed by atoms with Crippen LogP contribution in [0, 0.1) is 0 Å². The van der Waals surface area contributed by atoms with Crippen molar-refractivity contribution in [2.75, 3.05) is 7.11 Å². The predicted octanol–water partition coefficient (Wildman–Crippen LogP) is 1.27. The van der Waals surface area contributed by atoms with Gasteiger partial charge in [0.2, 0.25) is 10.0 Å². The van der Waals surface area contributed by atoms with Crippen LogP contribution >= 0.6 is 0 Å². The molecule has 1 saturated carbocycles. The first-order chi connectivity index (χ1) is 9.83. The fraction of sp³-hybridized carbons (Fsp3) is 0.500. The van der Waals surface area contributed by atoms with Crippen molar-refractivity contribution in [3.05, 3.63) is 23.8 Å². The molecule has 0 heterocycles. The van der Waals surface area contributed by atoms with E-state index in [1.54, 1.807) is 6.07 Å². The molecule has 1 amide bonds. The van der Waals surface area contributed by atoms with Crippen molar-refractivity contribution < 1.29 is 17.9 Å². The van der Waals surface area contributed by atoms with Crippen molar-refractivity contribution in [1.82, 2.24) is 10.0 Å². The summed E-state index contributed by atoms with van der Waals surface area (Å²) >= 11 is 0. The molecule has 7 heteroatoms. The summed E-state index contributed by atoms with van der Waals surface area (Å²) in [6.45, 7) is 3.68. The minimum Gasteiger partial charge on any atom is -0.495 e. The number of nitrogens with one attached hydrogen (secondary N) is 2. The smallest absolute Gasteiger partial charge is 0.251 e. The first-order valence-electron chi connectivity index (χ1n) is 6.84. The van der Waals surface area contributed by atoms with Crippen LogP contribution in [0.25, 0.3) is 0 Å². The molecule has 6 nitrogen and oxygen atoms in total. The average molecular weight is 312 g/mol. The third-order valence-electron chi connectivity index (χ3n) is 3.03. The van der Waals surface area contributed by atoms with E-state index in [0.717, 1.165) is 12.8 Å². The number of carbonyl (C=O) groups is 1. The molecular weight excluding hydrogens is 292 g/mol. The zero-order valence-corrected chi connectivity index (χ0v) is 13.2. The maximum absolute atomic E-state index is 12.3. The van der Waals surface area contributed by atoms with E-state index < -0.39 is 10.0 Å². The lowest BCUT2D eigenvalue weighted by Gasteiger charge is -2.13. The molecule has 0 bridgehead atoms. The van der Waals surface area contributed by atoms with Gasteiger partial charge in [0.1, 0.15) is 10.6 Å². The summed E-state index contributed by atoms with van der Waals surface area (Å²) in [5.41, 5.74) is 0.292. The maximum Gasteiger partial charge on any atom is 0.251 e. The van der Waals surface area contributed by atoms with Gasteiger partial charge in [-0.25, -0.2) is 13.1 Å². The number of carbonyl (C=O) groups excluding carboxylic acids is 1. The number of methoxy groups -OCH3 is 1. The van der Waals surface area contributed by atoms with E-state index in [9.17, 15) is 13.2 Å². The lowest BCUT2D eigenvalue weighted by atomic mass is 10.2. The van der Waals surface area contributed by atoms with E-state index in [0.29, 0.717) is 5.56 Å². The zero-order valence-electron chi connectivity index (χ0n) is 12.3. The summed E-state index contributed by atoms with van der Waals surface area (Å²) in [5.74, 6) is -0.0835. The molecule has 1 aliphatic carbocycles. The number of sulfonamides is 1. The van der Waals surface area contributed by atoms with Crippen LogP contribution in [0.15, 0.2) is 23.1 Å². The highest BCUT2D eigenvalue weighted by atomic mass is 32.2. The summed E-state index contributed by atoms with van der Waals surface area (Å²) in [6, 6.07) is 4.36. The fourth-order valence-corrected chi connectivity index (χ4v) is 3.36. The van der Waals surface area contributed by atoms with Crippen molar-refractivity contribution >= 4 is 15.9 Å². The lowest BCUT2D eigenvalue weighted by molar-refractivity contribution is 0.0943. The largest absolute Gasteiger partial charge is 0.495 e. The van der Waals surface area contributed by atoms with Crippen LogP contribution in [0.5, 0.6) is 5.75 Å². The van der Waals surface area contributed by atoms with Crippen LogP contribution in [0.2, 0.25) is 0 Å². The zero-order chi connectivity index (χ0) is 15.6. The Bertz CT molecular complexity index is 636. The molecule has 0 aliphatic heterocycles. The second-order valence-corrected chi connectivity index (χ2v) is 7.07. The highest BCUT2D eigenvalue weighted by Crippen LogP contribution is 2.28. The Morgan fingerprint density at radius 2 is 2.00 bits per heavy atom. The Morgan fingerprint density at radius 3 is 2.52 bits per heavy atom. The molecule has 1 aromatic rings. The van der Waals surface area contributed by atoms with Gasteiger partial charge in [0.05, 0.1) is 7.11 Å². The van der Waals surface area contributed by atoms with E-state index in [4.69, 9.17) is 4.74 Å². The SMILES string of the molecule is COc1ccc(C(=O)NC(C)C)cc1S(=O)(=O)NC1CC1. The monoisotopic (exact) mass is 312 g/mol.